The van der Waals surface area contributed by atoms with E-state index in [1.165, 1.54) is 0 Å². The van der Waals surface area contributed by atoms with Crippen LogP contribution in [0.1, 0.15) is 24.4 Å². The fourth-order valence-electron chi connectivity index (χ4n) is 1.69. The zero-order valence-electron chi connectivity index (χ0n) is 10.5. The van der Waals surface area contributed by atoms with Crippen molar-refractivity contribution in [2.24, 2.45) is 5.73 Å². The average Bonchev–Trinajstić information content (AvgIpc) is 2.61. The smallest absolute Gasteiger partial charge is 0.186 e. The molecule has 1 rings (SSSR count). The standard InChI is InChI=1S/C11H21N3OS/c1-5-14(8(2)7-15-4)11-13-9(3)10(6-12)16-11/h8H,5-7,12H2,1-4H3. The first-order valence-electron chi connectivity index (χ1n) is 5.55. The van der Waals surface area contributed by atoms with E-state index in [-0.39, 0.29) is 0 Å². The van der Waals surface area contributed by atoms with Crippen molar-refractivity contribution in [2.75, 3.05) is 25.2 Å². The molecule has 0 aromatic carbocycles. The zero-order chi connectivity index (χ0) is 12.1. The molecular weight excluding hydrogens is 222 g/mol. The van der Waals surface area contributed by atoms with Crippen molar-refractivity contribution in [3.63, 3.8) is 0 Å². The van der Waals surface area contributed by atoms with E-state index in [1.54, 1.807) is 18.4 Å². The Morgan fingerprint density at radius 3 is 2.69 bits per heavy atom. The summed E-state index contributed by atoms with van der Waals surface area (Å²) in [5, 5.41) is 1.05. The molecule has 2 N–H and O–H groups in total. The van der Waals surface area contributed by atoms with E-state index in [4.69, 9.17) is 10.5 Å². The Balaban J connectivity index is 2.85. The van der Waals surface area contributed by atoms with Crippen molar-refractivity contribution < 1.29 is 4.74 Å². The largest absolute Gasteiger partial charge is 0.383 e. The van der Waals surface area contributed by atoms with Crippen molar-refractivity contribution in [3.05, 3.63) is 10.6 Å². The molecular formula is C11H21N3OS. The van der Waals surface area contributed by atoms with Gasteiger partial charge in [0.25, 0.3) is 0 Å². The average molecular weight is 243 g/mol. The molecule has 1 aromatic rings. The van der Waals surface area contributed by atoms with Gasteiger partial charge in [-0.2, -0.15) is 0 Å². The minimum atomic E-state index is 0.339. The molecule has 0 saturated heterocycles. The first kappa shape index (κ1) is 13.4. The summed E-state index contributed by atoms with van der Waals surface area (Å²) in [6, 6.07) is 0.339. The molecule has 4 nitrogen and oxygen atoms in total. The summed E-state index contributed by atoms with van der Waals surface area (Å²) in [4.78, 5) is 7.98. The fraction of sp³-hybridized carbons (Fsp3) is 0.727. The molecule has 0 fully saturated rings. The number of hydrogen-bond donors (Lipinski definition) is 1. The third-order valence-corrected chi connectivity index (χ3v) is 3.81. The number of rotatable bonds is 6. The van der Waals surface area contributed by atoms with Gasteiger partial charge in [-0.05, 0) is 20.8 Å². The van der Waals surface area contributed by atoms with Crippen LogP contribution in [0.4, 0.5) is 5.13 Å². The zero-order valence-corrected chi connectivity index (χ0v) is 11.3. The van der Waals surface area contributed by atoms with Crippen LogP contribution in [0.3, 0.4) is 0 Å². The summed E-state index contributed by atoms with van der Waals surface area (Å²) in [6.07, 6.45) is 0. The number of hydrogen-bond acceptors (Lipinski definition) is 5. The summed E-state index contributed by atoms with van der Waals surface area (Å²) in [5.74, 6) is 0. The van der Waals surface area contributed by atoms with Gasteiger partial charge in [0.05, 0.1) is 18.3 Å². The Labute approximate surface area is 101 Å². The van der Waals surface area contributed by atoms with Gasteiger partial charge in [0.1, 0.15) is 0 Å². The lowest BCUT2D eigenvalue weighted by Gasteiger charge is -2.26. The van der Waals surface area contributed by atoms with Crippen molar-refractivity contribution >= 4 is 16.5 Å². The SMILES string of the molecule is CCN(c1nc(C)c(CN)s1)C(C)COC. The lowest BCUT2D eigenvalue weighted by Crippen LogP contribution is -2.36. The predicted octanol–water partition coefficient (Wildman–Crippen LogP) is 1.77. The van der Waals surface area contributed by atoms with Crippen LogP contribution >= 0.6 is 11.3 Å². The van der Waals surface area contributed by atoms with Crippen molar-refractivity contribution in [1.29, 1.82) is 0 Å². The van der Waals surface area contributed by atoms with E-state index in [0.717, 1.165) is 22.2 Å². The number of nitrogens with zero attached hydrogens (tertiary/aromatic N) is 2. The first-order chi connectivity index (χ1) is 7.63. The molecule has 5 heteroatoms. The third kappa shape index (κ3) is 2.93. The highest BCUT2D eigenvalue weighted by molar-refractivity contribution is 7.15. The number of thiazole rings is 1. The van der Waals surface area contributed by atoms with Crippen LogP contribution in [0, 0.1) is 6.92 Å². The second kappa shape index (κ2) is 6.18. The second-order valence-corrected chi connectivity index (χ2v) is 4.86. The molecule has 0 spiro atoms. The Hall–Kier alpha value is -0.650. The monoisotopic (exact) mass is 243 g/mol. The van der Waals surface area contributed by atoms with Crippen molar-refractivity contribution in [2.45, 2.75) is 33.4 Å². The Morgan fingerprint density at radius 1 is 1.56 bits per heavy atom. The van der Waals surface area contributed by atoms with Crippen molar-refractivity contribution in [3.8, 4) is 0 Å². The van der Waals surface area contributed by atoms with Gasteiger partial charge < -0.3 is 15.4 Å². The molecule has 1 heterocycles. The van der Waals surface area contributed by atoms with Crippen LogP contribution in [-0.2, 0) is 11.3 Å². The minimum absolute atomic E-state index is 0.339. The summed E-state index contributed by atoms with van der Waals surface area (Å²) < 4.78 is 5.18. The molecule has 1 unspecified atom stereocenters. The predicted molar refractivity (Wildman–Crippen MR) is 69.1 cm³/mol. The topological polar surface area (TPSA) is 51.4 Å². The van der Waals surface area contributed by atoms with Crippen LogP contribution in [0.25, 0.3) is 0 Å². The molecule has 16 heavy (non-hydrogen) atoms. The molecule has 0 aliphatic rings. The van der Waals surface area contributed by atoms with E-state index in [0.29, 0.717) is 19.2 Å². The molecule has 92 valence electrons. The lowest BCUT2D eigenvalue weighted by molar-refractivity contribution is 0.182. The van der Waals surface area contributed by atoms with E-state index < -0.39 is 0 Å². The van der Waals surface area contributed by atoms with Gasteiger partial charge in [0.2, 0.25) is 0 Å². The van der Waals surface area contributed by atoms with E-state index in [2.05, 4.69) is 23.7 Å². The number of methoxy groups -OCH3 is 1. The summed E-state index contributed by atoms with van der Waals surface area (Å²) in [6.45, 7) is 8.50. The highest BCUT2D eigenvalue weighted by atomic mass is 32.1. The molecule has 0 bridgehead atoms. The second-order valence-electron chi connectivity index (χ2n) is 3.80. The van der Waals surface area contributed by atoms with Crippen LogP contribution < -0.4 is 10.6 Å². The van der Waals surface area contributed by atoms with Crippen LogP contribution in [0.15, 0.2) is 0 Å². The Bertz CT molecular complexity index is 327. The van der Waals surface area contributed by atoms with Gasteiger partial charge in [-0.25, -0.2) is 4.98 Å². The Kier molecular flexibility index (Phi) is 5.18. The van der Waals surface area contributed by atoms with E-state index in [9.17, 15) is 0 Å². The highest BCUT2D eigenvalue weighted by Gasteiger charge is 2.17. The quantitative estimate of drug-likeness (QED) is 0.827. The normalized spacial score (nSPS) is 12.8. The number of aryl methyl sites for hydroxylation is 1. The van der Waals surface area contributed by atoms with E-state index in [1.807, 2.05) is 6.92 Å². The van der Waals surface area contributed by atoms with E-state index >= 15 is 0 Å². The van der Waals surface area contributed by atoms with Crippen LogP contribution in [0.5, 0.6) is 0 Å². The summed E-state index contributed by atoms with van der Waals surface area (Å²) in [5.41, 5.74) is 6.71. The molecule has 1 atom stereocenters. The molecule has 0 aliphatic carbocycles. The Morgan fingerprint density at radius 2 is 2.25 bits per heavy atom. The lowest BCUT2D eigenvalue weighted by atomic mass is 10.3. The van der Waals surface area contributed by atoms with Gasteiger partial charge in [-0.1, -0.05) is 0 Å². The van der Waals surface area contributed by atoms with Crippen LogP contribution in [0.2, 0.25) is 0 Å². The summed E-state index contributed by atoms with van der Waals surface area (Å²) in [7, 11) is 1.72. The summed E-state index contributed by atoms with van der Waals surface area (Å²) >= 11 is 1.68. The molecule has 0 saturated carbocycles. The fourth-order valence-corrected chi connectivity index (χ4v) is 2.80. The van der Waals surface area contributed by atoms with Crippen LogP contribution in [-0.4, -0.2) is 31.3 Å². The van der Waals surface area contributed by atoms with Gasteiger partial charge in [-0.15, -0.1) is 11.3 Å². The number of likely N-dealkylation sites (N-methyl/N-ethyl adjacent to an activating group) is 1. The molecule has 0 aliphatic heterocycles. The maximum Gasteiger partial charge on any atom is 0.186 e. The van der Waals surface area contributed by atoms with Gasteiger partial charge >= 0.3 is 0 Å². The van der Waals surface area contributed by atoms with Gasteiger partial charge in [0.15, 0.2) is 5.13 Å². The first-order valence-corrected chi connectivity index (χ1v) is 6.37. The maximum atomic E-state index is 5.67. The molecule has 0 radical (unpaired) electrons. The highest BCUT2D eigenvalue weighted by Crippen LogP contribution is 2.26. The number of ether oxygens (including phenoxy) is 1. The minimum Gasteiger partial charge on any atom is -0.383 e. The molecule has 1 aromatic heterocycles. The molecule has 0 amide bonds. The van der Waals surface area contributed by atoms with Crippen molar-refractivity contribution in [1.82, 2.24) is 4.98 Å². The van der Waals surface area contributed by atoms with Gasteiger partial charge in [0, 0.05) is 25.1 Å². The number of anilines is 1. The number of nitrogens with two attached hydrogens (primary N) is 1. The van der Waals surface area contributed by atoms with Gasteiger partial charge in [-0.3, -0.25) is 0 Å². The third-order valence-electron chi connectivity index (χ3n) is 2.59. The number of aromatic nitrogens is 1. The maximum absolute atomic E-state index is 5.67.